The third-order valence-corrected chi connectivity index (χ3v) is 5.95. The second-order valence-electron chi connectivity index (χ2n) is 7.60. The van der Waals surface area contributed by atoms with Crippen molar-refractivity contribution >= 4 is 21.8 Å². The summed E-state index contributed by atoms with van der Waals surface area (Å²) in [5.41, 5.74) is 2.27. The van der Waals surface area contributed by atoms with Crippen molar-refractivity contribution in [3.05, 3.63) is 64.8 Å². The summed E-state index contributed by atoms with van der Waals surface area (Å²) in [6, 6.07) is 15.7. The molecule has 1 aliphatic carbocycles. The van der Waals surface area contributed by atoms with Crippen LogP contribution in [0.2, 0.25) is 0 Å². The van der Waals surface area contributed by atoms with Gasteiger partial charge in [-0.2, -0.15) is 0 Å². The van der Waals surface area contributed by atoms with Gasteiger partial charge in [-0.25, -0.2) is 4.98 Å². The van der Waals surface area contributed by atoms with Gasteiger partial charge in [0.1, 0.15) is 0 Å². The molecule has 0 bridgehead atoms. The van der Waals surface area contributed by atoms with Crippen molar-refractivity contribution < 1.29 is 9.21 Å². The largest absolute Gasteiger partial charge is 0.436 e. The molecule has 5 heteroatoms. The van der Waals surface area contributed by atoms with Crippen LogP contribution >= 0.6 is 15.9 Å². The van der Waals surface area contributed by atoms with E-state index in [0.717, 1.165) is 28.4 Å². The van der Waals surface area contributed by atoms with Crippen LogP contribution in [0.15, 0.2) is 63.6 Å². The summed E-state index contributed by atoms with van der Waals surface area (Å²) in [6.07, 6.45) is 10.0. The van der Waals surface area contributed by atoms with Crippen molar-refractivity contribution in [1.29, 1.82) is 0 Å². The average molecular weight is 453 g/mol. The molecule has 1 amide bonds. The van der Waals surface area contributed by atoms with E-state index in [0.29, 0.717) is 17.2 Å². The predicted octanol–water partition coefficient (Wildman–Crippen LogP) is 6.61. The van der Waals surface area contributed by atoms with Crippen molar-refractivity contribution in [1.82, 2.24) is 10.3 Å². The number of rotatable bonds is 4. The molecular formula is C24H25BrN2O2. The molecule has 2 aromatic carbocycles. The normalized spacial score (nSPS) is 15.5. The van der Waals surface area contributed by atoms with E-state index in [4.69, 9.17) is 4.42 Å². The first-order valence-corrected chi connectivity index (χ1v) is 11.1. The van der Waals surface area contributed by atoms with E-state index >= 15 is 0 Å². The molecule has 150 valence electrons. The molecule has 1 heterocycles. The number of halogens is 1. The average Bonchev–Trinajstić information content (AvgIpc) is 3.20. The first kappa shape index (κ1) is 19.9. The van der Waals surface area contributed by atoms with Crippen molar-refractivity contribution in [2.75, 3.05) is 0 Å². The number of benzene rings is 2. The molecule has 1 N–H and O–H groups in total. The van der Waals surface area contributed by atoms with E-state index < -0.39 is 0 Å². The lowest BCUT2D eigenvalue weighted by Gasteiger charge is -2.21. The lowest BCUT2D eigenvalue weighted by Crippen LogP contribution is -2.35. The van der Waals surface area contributed by atoms with Gasteiger partial charge in [0.25, 0.3) is 5.91 Å². The standard InChI is InChI=1S/C24H25BrN2O2/c25-18-10-8-9-17(15-18)22-16-26-24(29-22)21-14-7-6-13-20(21)23(28)27-19-11-4-2-1-3-5-12-19/h6-10,13-16,19H,1-5,11-12H2,(H,27,28). The highest BCUT2D eigenvalue weighted by Gasteiger charge is 2.20. The summed E-state index contributed by atoms with van der Waals surface area (Å²) in [5.74, 6) is 1.09. The van der Waals surface area contributed by atoms with Crippen LogP contribution in [0.5, 0.6) is 0 Å². The highest BCUT2D eigenvalue weighted by atomic mass is 79.9. The summed E-state index contributed by atoms with van der Waals surface area (Å²) >= 11 is 3.48. The minimum atomic E-state index is -0.0478. The molecule has 0 atom stereocenters. The SMILES string of the molecule is O=C(NC1CCCCCCC1)c1ccccc1-c1ncc(-c2cccc(Br)c2)o1. The molecule has 4 rings (SSSR count). The van der Waals surface area contributed by atoms with Crippen LogP contribution in [0.1, 0.15) is 55.3 Å². The second-order valence-corrected chi connectivity index (χ2v) is 8.52. The fourth-order valence-electron chi connectivity index (χ4n) is 3.91. The first-order valence-electron chi connectivity index (χ1n) is 10.3. The maximum absolute atomic E-state index is 13.0. The number of nitrogens with one attached hydrogen (secondary N) is 1. The van der Waals surface area contributed by atoms with Crippen molar-refractivity contribution in [3.63, 3.8) is 0 Å². The lowest BCUT2D eigenvalue weighted by molar-refractivity contribution is 0.0931. The maximum Gasteiger partial charge on any atom is 0.252 e. The van der Waals surface area contributed by atoms with E-state index in [1.807, 2.05) is 48.5 Å². The summed E-state index contributed by atoms with van der Waals surface area (Å²) in [6.45, 7) is 0. The molecule has 0 aliphatic heterocycles. The van der Waals surface area contributed by atoms with E-state index in [-0.39, 0.29) is 11.9 Å². The number of oxazole rings is 1. The van der Waals surface area contributed by atoms with Gasteiger partial charge < -0.3 is 9.73 Å². The Balaban J connectivity index is 1.56. The molecule has 1 saturated carbocycles. The van der Waals surface area contributed by atoms with E-state index in [1.54, 1.807) is 6.20 Å². The Morgan fingerprint density at radius 3 is 2.55 bits per heavy atom. The van der Waals surface area contributed by atoms with Crippen LogP contribution < -0.4 is 5.32 Å². The zero-order valence-electron chi connectivity index (χ0n) is 16.4. The minimum absolute atomic E-state index is 0.0478. The molecule has 29 heavy (non-hydrogen) atoms. The number of carbonyl (C=O) groups excluding carboxylic acids is 1. The molecule has 3 aromatic rings. The molecule has 0 radical (unpaired) electrons. The second kappa shape index (κ2) is 9.40. The highest BCUT2D eigenvalue weighted by Crippen LogP contribution is 2.29. The van der Waals surface area contributed by atoms with Gasteiger partial charge in [0.15, 0.2) is 5.76 Å². The van der Waals surface area contributed by atoms with Gasteiger partial charge in [-0.3, -0.25) is 4.79 Å². The molecule has 4 nitrogen and oxygen atoms in total. The third-order valence-electron chi connectivity index (χ3n) is 5.46. The van der Waals surface area contributed by atoms with Crippen LogP contribution in [0.3, 0.4) is 0 Å². The fourth-order valence-corrected chi connectivity index (χ4v) is 4.30. The quantitative estimate of drug-likeness (QED) is 0.483. The molecule has 1 aromatic heterocycles. The zero-order chi connectivity index (χ0) is 20.1. The van der Waals surface area contributed by atoms with E-state index in [2.05, 4.69) is 26.2 Å². The topological polar surface area (TPSA) is 55.1 Å². The number of nitrogens with zero attached hydrogens (tertiary/aromatic N) is 1. The van der Waals surface area contributed by atoms with E-state index in [9.17, 15) is 4.79 Å². The number of aromatic nitrogens is 1. The van der Waals surface area contributed by atoms with Gasteiger partial charge in [0, 0.05) is 21.6 Å². The highest BCUT2D eigenvalue weighted by molar-refractivity contribution is 9.10. The van der Waals surface area contributed by atoms with Crippen LogP contribution in [-0.4, -0.2) is 16.9 Å². The Morgan fingerprint density at radius 1 is 1.00 bits per heavy atom. The van der Waals surface area contributed by atoms with Crippen molar-refractivity contribution in [2.24, 2.45) is 0 Å². The fraction of sp³-hybridized carbons (Fsp3) is 0.333. The van der Waals surface area contributed by atoms with Gasteiger partial charge in [-0.15, -0.1) is 0 Å². The Morgan fingerprint density at radius 2 is 1.76 bits per heavy atom. The smallest absolute Gasteiger partial charge is 0.252 e. The maximum atomic E-state index is 13.0. The molecular weight excluding hydrogens is 428 g/mol. The van der Waals surface area contributed by atoms with Crippen molar-refractivity contribution in [2.45, 2.75) is 51.0 Å². The Hall–Kier alpha value is -2.40. The zero-order valence-corrected chi connectivity index (χ0v) is 18.0. The molecule has 1 fully saturated rings. The predicted molar refractivity (Wildman–Crippen MR) is 119 cm³/mol. The van der Waals surface area contributed by atoms with E-state index in [1.165, 1.54) is 32.1 Å². The number of carbonyl (C=O) groups is 1. The summed E-state index contributed by atoms with van der Waals surface area (Å²) < 4.78 is 6.99. The van der Waals surface area contributed by atoms with Gasteiger partial charge in [-0.05, 0) is 37.1 Å². The van der Waals surface area contributed by atoms with Gasteiger partial charge in [-0.1, -0.05) is 72.3 Å². The van der Waals surface area contributed by atoms with Crippen LogP contribution in [0.25, 0.3) is 22.8 Å². The number of hydrogen-bond acceptors (Lipinski definition) is 3. The van der Waals surface area contributed by atoms with Crippen molar-refractivity contribution in [3.8, 4) is 22.8 Å². The minimum Gasteiger partial charge on any atom is -0.436 e. The number of hydrogen-bond donors (Lipinski definition) is 1. The van der Waals surface area contributed by atoms with Gasteiger partial charge >= 0.3 is 0 Å². The summed E-state index contributed by atoms with van der Waals surface area (Å²) in [5, 5.41) is 3.24. The Bertz CT molecular complexity index is 974. The monoisotopic (exact) mass is 452 g/mol. The summed E-state index contributed by atoms with van der Waals surface area (Å²) in [7, 11) is 0. The van der Waals surface area contributed by atoms with Crippen LogP contribution in [0, 0.1) is 0 Å². The van der Waals surface area contributed by atoms with Gasteiger partial charge in [0.2, 0.25) is 5.89 Å². The lowest BCUT2D eigenvalue weighted by atomic mass is 9.96. The third kappa shape index (κ3) is 4.96. The Labute approximate surface area is 179 Å². The first-order chi connectivity index (χ1) is 14.2. The molecule has 0 saturated heterocycles. The Kier molecular flexibility index (Phi) is 6.45. The van der Waals surface area contributed by atoms with Crippen LogP contribution in [0.4, 0.5) is 0 Å². The van der Waals surface area contributed by atoms with Crippen LogP contribution in [-0.2, 0) is 0 Å². The molecule has 1 aliphatic rings. The molecule has 0 unspecified atom stereocenters. The summed E-state index contributed by atoms with van der Waals surface area (Å²) in [4.78, 5) is 17.5. The number of amides is 1. The van der Waals surface area contributed by atoms with Gasteiger partial charge in [0.05, 0.1) is 11.8 Å². The molecule has 0 spiro atoms.